The number of anilines is 1. The van der Waals surface area contributed by atoms with Gasteiger partial charge in [-0.1, -0.05) is 6.92 Å². The number of nitrogens with zero attached hydrogens (tertiary/aromatic N) is 1. The van der Waals surface area contributed by atoms with Crippen molar-refractivity contribution in [1.82, 2.24) is 4.98 Å². The number of hydrogen-bond donors (Lipinski definition) is 2. The van der Waals surface area contributed by atoms with Crippen LogP contribution in [0.4, 0.5) is 5.69 Å². The second-order valence-electron chi connectivity index (χ2n) is 2.80. The summed E-state index contributed by atoms with van der Waals surface area (Å²) in [4.78, 5) is 4.11. The number of aliphatic hydroxyl groups is 1. The van der Waals surface area contributed by atoms with Crippen molar-refractivity contribution >= 4 is 17.4 Å². The SMILES string of the molecule is CCC(O)CSc1ccc(N)cn1. The summed E-state index contributed by atoms with van der Waals surface area (Å²) in [6, 6.07) is 3.68. The van der Waals surface area contributed by atoms with Crippen LogP contribution in [0.2, 0.25) is 0 Å². The summed E-state index contributed by atoms with van der Waals surface area (Å²) >= 11 is 1.55. The maximum absolute atomic E-state index is 9.30. The molecule has 0 aliphatic heterocycles. The molecule has 1 aromatic rings. The van der Waals surface area contributed by atoms with Crippen molar-refractivity contribution in [2.24, 2.45) is 0 Å². The van der Waals surface area contributed by atoms with Gasteiger partial charge in [-0.15, -0.1) is 11.8 Å². The Bertz CT molecular complexity index is 250. The molecule has 1 aromatic heterocycles. The Labute approximate surface area is 82.4 Å². The molecule has 0 saturated heterocycles. The highest BCUT2D eigenvalue weighted by atomic mass is 32.2. The van der Waals surface area contributed by atoms with E-state index in [4.69, 9.17) is 5.73 Å². The van der Waals surface area contributed by atoms with E-state index in [1.807, 2.05) is 19.1 Å². The van der Waals surface area contributed by atoms with Crippen molar-refractivity contribution in [2.75, 3.05) is 11.5 Å². The molecule has 1 unspecified atom stereocenters. The molecule has 1 heterocycles. The lowest BCUT2D eigenvalue weighted by molar-refractivity contribution is 0.195. The largest absolute Gasteiger partial charge is 0.397 e. The third-order valence-electron chi connectivity index (χ3n) is 1.65. The molecule has 13 heavy (non-hydrogen) atoms. The molecule has 0 fully saturated rings. The van der Waals surface area contributed by atoms with Crippen LogP contribution in [-0.2, 0) is 0 Å². The number of nitrogen functional groups attached to an aromatic ring is 1. The smallest absolute Gasteiger partial charge is 0.0962 e. The molecule has 3 nitrogen and oxygen atoms in total. The molecule has 0 radical (unpaired) electrons. The van der Waals surface area contributed by atoms with Gasteiger partial charge >= 0.3 is 0 Å². The Morgan fingerprint density at radius 3 is 2.92 bits per heavy atom. The van der Waals surface area contributed by atoms with Gasteiger partial charge in [-0.3, -0.25) is 0 Å². The van der Waals surface area contributed by atoms with Crippen LogP contribution >= 0.6 is 11.8 Å². The number of hydrogen-bond acceptors (Lipinski definition) is 4. The van der Waals surface area contributed by atoms with Gasteiger partial charge in [0.15, 0.2) is 0 Å². The minimum atomic E-state index is -0.246. The van der Waals surface area contributed by atoms with E-state index >= 15 is 0 Å². The van der Waals surface area contributed by atoms with E-state index in [-0.39, 0.29) is 6.10 Å². The van der Waals surface area contributed by atoms with Crippen LogP contribution in [0.1, 0.15) is 13.3 Å². The van der Waals surface area contributed by atoms with Crippen LogP contribution in [0.5, 0.6) is 0 Å². The zero-order valence-electron chi connectivity index (χ0n) is 7.60. The molecule has 3 N–H and O–H groups in total. The number of aromatic nitrogens is 1. The van der Waals surface area contributed by atoms with E-state index < -0.39 is 0 Å². The highest BCUT2D eigenvalue weighted by Gasteiger charge is 2.02. The summed E-state index contributed by atoms with van der Waals surface area (Å²) in [5.74, 6) is 0.688. The summed E-state index contributed by atoms with van der Waals surface area (Å²) in [5, 5.41) is 10.2. The lowest BCUT2D eigenvalue weighted by Gasteiger charge is -2.05. The van der Waals surface area contributed by atoms with Gasteiger partial charge in [-0.05, 0) is 18.6 Å². The predicted octanol–water partition coefficient (Wildman–Crippen LogP) is 1.53. The lowest BCUT2D eigenvalue weighted by Crippen LogP contribution is -2.07. The first kappa shape index (κ1) is 10.3. The number of rotatable bonds is 4. The molecule has 0 amide bonds. The average Bonchev–Trinajstić information content (AvgIpc) is 2.16. The Morgan fingerprint density at radius 2 is 2.38 bits per heavy atom. The highest BCUT2D eigenvalue weighted by Crippen LogP contribution is 2.17. The fourth-order valence-electron chi connectivity index (χ4n) is 0.777. The van der Waals surface area contributed by atoms with E-state index in [9.17, 15) is 5.11 Å². The lowest BCUT2D eigenvalue weighted by atomic mass is 10.3. The van der Waals surface area contributed by atoms with Crippen molar-refractivity contribution in [3.05, 3.63) is 18.3 Å². The van der Waals surface area contributed by atoms with Crippen molar-refractivity contribution in [3.63, 3.8) is 0 Å². The van der Waals surface area contributed by atoms with Crippen molar-refractivity contribution in [1.29, 1.82) is 0 Å². The molecular formula is C9H14N2OS. The topological polar surface area (TPSA) is 59.1 Å². The summed E-state index contributed by atoms with van der Waals surface area (Å²) in [6.07, 6.45) is 2.16. The van der Waals surface area contributed by atoms with Gasteiger partial charge in [0.25, 0.3) is 0 Å². The van der Waals surface area contributed by atoms with E-state index in [0.717, 1.165) is 11.4 Å². The Balaban J connectivity index is 2.41. The zero-order chi connectivity index (χ0) is 9.68. The summed E-state index contributed by atoms with van der Waals surface area (Å²) in [7, 11) is 0. The second-order valence-corrected chi connectivity index (χ2v) is 3.84. The van der Waals surface area contributed by atoms with Crippen LogP contribution in [0.3, 0.4) is 0 Å². The first-order valence-corrected chi connectivity index (χ1v) is 5.23. The van der Waals surface area contributed by atoms with Gasteiger partial charge in [0.05, 0.1) is 23.0 Å². The van der Waals surface area contributed by atoms with Crippen LogP contribution in [0.25, 0.3) is 0 Å². The van der Waals surface area contributed by atoms with Gasteiger partial charge in [-0.25, -0.2) is 4.98 Å². The van der Waals surface area contributed by atoms with E-state index in [1.54, 1.807) is 18.0 Å². The Hall–Kier alpha value is -0.740. The maximum atomic E-state index is 9.30. The fraction of sp³-hybridized carbons (Fsp3) is 0.444. The van der Waals surface area contributed by atoms with E-state index in [1.165, 1.54) is 0 Å². The Morgan fingerprint density at radius 1 is 1.62 bits per heavy atom. The highest BCUT2D eigenvalue weighted by molar-refractivity contribution is 7.99. The molecule has 0 aromatic carbocycles. The summed E-state index contributed by atoms with van der Waals surface area (Å²) in [5.41, 5.74) is 6.15. The summed E-state index contributed by atoms with van der Waals surface area (Å²) in [6.45, 7) is 1.96. The molecule has 0 saturated carbocycles. The maximum Gasteiger partial charge on any atom is 0.0962 e. The number of thioether (sulfide) groups is 1. The number of aliphatic hydroxyl groups excluding tert-OH is 1. The monoisotopic (exact) mass is 198 g/mol. The van der Waals surface area contributed by atoms with Crippen LogP contribution in [0, 0.1) is 0 Å². The standard InChI is InChI=1S/C9H14N2OS/c1-2-8(12)6-13-9-4-3-7(10)5-11-9/h3-5,8,12H,2,6,10H2,1H3. The third-order valence-corrected chi connectivity index (χ3v) is 2.74. The Kier molecular flexibility index (Phi) is 4.05. The van der Waals surface area contributed by atoms with Gasteiger partial charge in [0.1, 0.15) is 0 Å². The average molecular weight is 198 g/mol. The molecule has 1 rings (SSSR count). The molecule has 4 heteroatoms. The third kappa shape index (κ3) is 3.65. The predicted molar refractivity (Wildman–Crippen MR) is 55.7 cm³/mol. The molecule has 1 atom stereocenters. The minimum absolute atomic E-state index is 0.246. The van der Waals surface area contributed by atoms with Crippen LogP contribution < -0.4 is 5.73 Å². The van der Waals surface area contributed by atoms with Gasteiger partial charge in [0, 0.05) is 5.75 Å². The second kappa shape index (κ2) is 5.09. The first-order chi connectivity index (χ1) is 6.22. The fourth-order valence-corrected chi connectivity index (χ4v) is 1.67. The van der Waals surface area contributed by atoms with Crippen molar-refractivity contribution < 1.29 is 5.11 Å². The van der Waals surface area contributed by atoms with Gasteiger partial charge in [0.2, 0.25) is 0 Å². The molecule has 72 valence electrons. The van der Waals surface area contributed by atoms with Crippen LogP contribution in [-0.4, -0.2) is 21.9 Å². The quantitative estimate of drug-likeness (QED) is 0.720. The first-order valence-electron chi connectivity index (χ1n) is 4.24. The zero-order valence-corrected chi connectivity index (χ0v) is 8.42. The molecule has 0 aliphatic rings. The summed E-state index contributed by atoms with van der Waals surface area (Å²) < 4.78 is 0. The van der Waals surface area contributed by atoms with Crippen LogP contribution in [0.15, 0.2) is 23.4 Å². The van der Waals surface area contributed by atoms with E-state index in [0.29, 0.717) is 11.4 Å². The van der Waals surface area contributed by atoms with Crippen molar-refractivity contribution in [3.8, 4) is 0 Å². The number of pyridine rings is 1. The minimum Gasteiger partial charge on any atom is -0.397 e. The number of nitrogens with two attached hydrogens (primary N) is 1. The van der Waals surface area contributed by atoms with Gasteiger partial charge in [-0.2, -0.15) is 0 Å². The molecule has 0 bridgehead atoms. The van der Waals surface area contributed by atoms with Crippen molar-refractivity contribution in [2.45, 2.75) is 24.5 Å². The van der Waals surface area contributed by atoms with Gasteiger partial charge < -0.3 is 10.8 Å². The molecule has 0 aliphatic carbocycles. The molecular weight excluding hydrogens is 184 g/mol. The molecule has 0 spiro atoms. The van der Waals surface area contributed by atoms with E-state index in [2.05, 4.69) is 4.98 Å². The normalized spacial score (nSPS) is 12.8.